The van der Waals surface area contributed by atoms with Crippen molar-refractivity contribution in [3.05, 3.63) is 58.5 Å². The summed E-state index contributed by atoms with van der Waals surface area (Å²) in [6, 6.07) is 9.67. The van der Waals surface area contributed by atoms with Gasteiger partial charge in [-0.2, -0.15) is 0 Å². The van der Waals surface area contributed by atoms with Gasteiger partial charge in [0.15, 0.2) is 0 Å². The Bertz CT molecular complexity index is 534. The van der Waals surface area contributed by atoms with Crippen LogP contribution in [-0.2, 0) is 24.5 Å². The monoisotopic (exact) mass is 307 g/mol. The zero-order valence-electron chi connectivity index (χ0n) is 12.6. The largest absolute Gasteiger partial charge is 0.468 e. The van der Waals surface area contributed by atoms with Crippen molar-refractivity contribution >= 4 is 11.6 Å². The number of furan rings is 1. The van der Waals surface area contributed by atoms with Crippen molar-refractivity contribution in [3.63, 3.8) is 0 Å². The molecule has 0 unspecified atom stereocenters. The Morgan fingerprint density at radius 1 is 1.14 bits per heavy atom. The van der Waals surface area contributed by atoms with E-state index in [-0.39, 0.29) is 0 Å². The summed E-state index contributed by atoms with van der Waals surface area (Å²) in [7, 11) is 0. The van der Waals surface area contributed by atoms with E-state index in [0.29, 0.717) is 19.1 Å². The number of hydrogen-bond donors (Lipinski definition) is 1. The van der Waals surface area contributed by atoms with Crippen LogP contribution in [0.1, 0.15) is 30.7 Å². The van der Waals surface area contributed by atoms with Crippen molar-refractivity contribution in [1.29, 1.82) is 0 Å². The van der Waals surface area contributed by atoms with Crippen molar-refractivity contribution in [2.45, 2.75) is 33.6 Å². The number of benzene rings is 1. The highest BCUT2D eigenvalue weighted by molar-refractivity contribution is 6.30. The highest BCUT2D eigenvalue weighted by Gasteiger charge is 2.06. The molecule has 0 radical (unpaired) electrons. The first-order valence-electron chi connectivity index (χ1n) is 7.23. The predicted octanol–water partition coefficient (Wildman–Crippen LogP) is 4.40. The Hall–Kier alpha value is -1.29. The van der Waals surface area contributed by atoms with Crippen LogP contribution in [0.2, 0.25) is 5.02 Å². The molecule has 0 atom stereocenters. The van der Waals surface area contributed by atoms with Crippen LogP contribution in [0.15, 0.2) is 41.0 Å². The molecule has 0 aliphatic rings. The number of halogens is 1. The molecule has 0 aliphatic heterocycles. The fourth-order valence-corrected chi connectivity index (χ4v) is 2.11. The standard InChI is InChI=1S/C17H22ClNO2/c1-13(2)9-19-10-17-15(7-8-21-17)12-20-11-14-3-5-16(18)6-4-14/h3-8,13,19H,9-12H2,1-2H3. The molecule has 3 nitrogen and oxygen atoms in total. The summed E-state index contributed by atoms with van der Waals surface area (Å²) in [6.07, 6.45) is 1.72. The second-order valence-corrected chi connectivity index (χ2v) is 5.95. The molecule has 0 amide bonds. The zero-order valence-corrected chi connectivity index (χ0v) is 13.3. The highest BCUT2D eigenvalue weighted by atomic mass is 35.5. The van der Waals surface area contributed by atoms with Gasteiger partial charge in [0.05, 0.1) is 26.0 Å². The molecular formula is C17H22ClNO2. The van der Waals surface area contributed by atoms with Gasteiger partial charge in [-0.15, -0.1) is 0 Å². The van der Waals surface area contributed by atoms with Crippen LogP contribution < -0.4 is 5.32 Å². The predicted molar refractivity (Wildman–Crippen MR) is 85.2 cm³/mol. The van der Waals surface area contributed by atoms with Gasteiger partial charge in [-0.25, -0.2) is 0 Å². The van der Waals surface area contributed by atoms with E-state index >= 15 is 0 Å². The normalized spacial score (nSPS) is 11.2. The maximum Gasteiger partial charge on any atom is 0.123 e. The molecule has 0 bridgehead atoms. The summed E-state index contributed by atoms with van der Waals surface area (Å²) >= 11 is 5.86. The van der Waals surface area contributed by atoms with E-state index in [2.05, 4.69) is 19.2 Å². The second kappa shape index (κ2) is 8.23. The lowest BCUT2D eigenvalue weighted by Crippen LogP contribution is -2.19. The van der Waals surface area contributed by atoms with Gasteiger partial charge in [0.1, 0.15) is 5.76 Å². The van der Waals surface area contributed by atoms with E-state index in [4.69, 9.17) is 20.8 Å². The van der Waals surface area contributed by atoms with E-state index in [9.17, 15) is 0 Å². The molecule has 0 spiro atoms. The maximum atomic E-state index is 5.86. The maximum absolute atomic E-state index is 5.86. The van der Waals surface area contributed by atoms with Crippen molar-refractivity contribution in [2.24, 2.45) is 5.92 Å². The molecule has 21 heavy (non-hydrogen) atoms. The van der Waals surface area contributed by atoms with Crippen molar-refractivity contribution in [1.82, 2.24) is 5.32 Å². The van der Waals surface area contributed by atoms with Crippen molar-refractivity contribution in [2.75, 3.05) is 6.54 Å². The number of hydrogen-bond acceptors (Lipinski definition) is 3. The second-order valence-electron chi connectivity index (χ2n) is 5.51. The average molecular weight is 308 g/mol. The van der Waals surface area contributed by atoms with E-state index in [1.54, 1.807) is 6.26 Å². The summed E-state index contributed by atoms with van der Waals surface area (Å²) < 4.78 is 11.2. The highest BCUT2D eigenvalue weighted by Crippen LogP contribution is 2.14. The minimum Gasteiger partial charge on any atom is -0.468 e. The topological polar surface area (TPSA) is 34.4 Å². The molecule has 2 aromatic rings. The van der Waals surface area contributed by atoms with Crippen LogP contribution in [-0.4, -0.2) is 6.54 Å². The quantitative estimate of drug-likeness (QED) is 0.785. The smallest absolute Gasteiger partial charge is 0.123 e. The van der Waals surface area contributed by atoms with Crippen LogP contribution in [0.25, 0.3) is 0 Å². The summed E-state index contributed by atoms with van der Waals surface area (Å²) in [5.74, 6) is 1.58. The number of rotatable bonds is 8. The third-order valence-electron chi connectivity index (χ3n) is 3.12. The Kier molecular flexibility index (Phi) is 6.30. The Morgan fingerprint density at radius 2 is 1.90 bits per heavy atom. The van der Waals surface area contributed by atoms with Gasteiger partial charge >= 0.3 is 0 Å². The molecule has 1 aromatic heterocycles. The van der Waals surface area contributed by atoms with Crippen LogP contribution in [0.4, 0.5) is 0 Å². The van der Waals surface area contributed by atoms with Gasteiger partial charge in [0, 0.05) is 10.6 Å². The molecule has 1 N–H and O–H groups in total. The average Bonchev–Trinajstić information content (AvgIpc) is 2.88. The number of ether oxygens (including phenoxy) is 1. The Morgan fingerprint density at radius 3 is 2.62 bits per heavy atom. The van der Waals surface area contributed by atoms with Crippen LogP contribution in [0, 0.1) is 5.92 Å². The lowest BCUT2D eigenvalue weighted by molar-refractivity contribution is 0.106. The molecule has 0 aliphatic carbocycles. The molecule has 1 aromatic carbocycles. The first kappa shape index (κ1) is 16.1. The first-order valence-corrected chi connectivity index (χ1v) is 7.61. The molecule has 4 heteroatoms. The van der Waals surface area contributed by atoms with Crippen LogP contribution >= 0.6 is 11.6 Å². The number of nitrogens with one attached hydrogen (secondary N) is 1. The van der Waals surface area contributed by atoms with Crippen molar-refractivity contribution in [3.8, 4) is 0 Å². The molecule has 0 fully saturated rings. The lowest BCUT2D eigenvalue weighted by Gasteiger charge is -2.08. The summed E-state index contributed by atoms with van der Waals surface area (Å²) in [5, 5.41) is 4.12. The lowest BCUT2D eigenvalue weighted by atomic mass is 10.2. The summed E-state index contributed by atoms with van der Waals surface area (Å²) in [5.41, 5.74) is 2.21. The van der Waals surface area contributed by atoms with Crippen LogP contribution in [0.5, 0.6) is 0 Å². The third kappa shape index (κ3) is 5.54. The molecule has 0 saturated heterocycles. The molecule has 2 rings (SSSR count). The van der Waals surface area contributed by atoms with Gasteiger partial charge in [-0.1, -0.05) is 37.6 Å². The fraction of sp³-hybridized carbons (Fsp3) is 0.412. The molecular weight excluding hydrogens is 286 g/mol. The summed E-state index contributed by atoms with van der Waals surface area (Å²) in [4.78, 5) is 0. The van der Waals surface area contributed by atoms with E-state index < -0.39 is 0 Å². The van der Waals surface area contributed by atoms with Gasteiger partial charge in [-0.3, -0.25) is 0 Å². The van der Waals surface area contributed by atoms with E-state index in [1.165, 1.54) is 0 Å². The molecule has 1 heterocycles. The Balaban J connectivity index is 1.78. The summed E-state index contributed by atoms with van der Waals surface area (Å²) in [6.45, 7) is 7.21. The Labute approximate surface area is 131 Å². The minimum absolute atomic E-state index is 0.553. The third-order valence-corrected chi connectivity index (χ3v) is 3.37. The first-order chi connectivity index (χ1) is 10.1. The fourth-order valence-electron chi connectivity index (χ4n) is 1.98. The molecule has 114 valence electrons. The SMILES string of the molecule is CC(C)CNCc1occc1COCc1ccc(Cl)cc1. The van der Waals surface area contributed by atoms with Gasteiger partial charge in [-0.05, 0) is 36.2 Å². The van der Waals surface area contributed by atoms with Gasteiger partial charge < -0.3 is 14.5 Å². The van der Waals surface area contributed by atoms with E-state index in [1.807, 2.05) is 30.3 Å². The van der Waals surface area contributed by atoms with Gasteiger partial charge in [0.25, 0.3) is 0 Å². The van der Waals surface area contributed by atoms with Crippen molar-refractivity contribution < 1.29 is 9.15 Å². The zero-order chi connectivity index (χ0) is 15.1. The van der Waals surface area contributed by atoms with Gasteiger partial charge in [0.2, 0.25) is 0 Å². The minimum atomic E-state index is 0.553. The van der Waals surface area contributed by atoms with Crippen LogP contribution in [0.3, 0.4) is 0 Å². The molecule has 0 saturated carbocycles. The van der Waals surface area contributed by atoms with E-state index in [0.717, 1.165) is 35.0 Å².